The Kier molecular flexibility index (Phi) is 4.70. The fraction of sp³-hybridized carbons (Fsp3) is 0.750. The van der Waals surface area contributed by atoms with Crippen molar-refractivity contribution in [3.05, 3.63) is 6.33 Å². The minimum atomic E-state index is 0.921. The average Bonchev–Trinajstić information content (AvgIpc) is 2.55. The van der Waals surface area contributed by atoms with E-state index in [9.17, 15) is 0 Å². The van der Waals surface area contributed by atoms with E-state index in [2.05, 4.69) is 33.7 Å². The van der Waals surface area contributed by atoms with Gasteiger partial charge in [0.15, 0.2) is 0 Å². The number of hydrogen-bond donors (Lipinski definition) is 1. The molecule has 0 fully saturated rings. The Labute approximate surface area is 83.2 Å². The molecule has 0 amide bonds. The Morgan fingerprint density at radius 3 is 2.92 bits per heavy atom. The lowest BCUT2D eigenvalue weighted by molar-refractivity contribution is 0.396. The molecule has 0 spiro atoms. The maximum Gasteiger partial charge on any atom is 0.202 e. The fourth-order valence-electron chi connectivity index (χ4n) is 0.999. The van der Waals surface area contributed by atoms with Gasteiger partial charge >= 0.3 is 0 Å². The standard InChI is InChI=1S/C8H16N4S/c1-12(2)6-4-3-5-9-8-10-7-11-13-8/h7H,3-6H2,1-2H3,(H,9,10,11). The van der Waals surface area contributed by atoms with Gasteiger partial charge < -0.3 is 10.2 Å². The molecule has 0 atom stereocenters. The molecule has 0 saturated heterocycles. The summed E-state index contributed by atoms with van der Waals surface area (Å²) in [5.41, 5.74) is 0. The Bertz CT molecular complexity index is 210. The van der Waals surface area contributed by atoms with Crippen LogP contribution in [-0.2, 0) is 0 Å². The molecule has 74 valence electrons. The lowest BCUT2D eigenvalue weighted by atomic mass is 10.3. The van der Waals surface area contributed by atoms with Crippen molar-refractivity contribution in [1.82, 2.24) is 14.3 Å². The summed E-state index contributed by atoms with van der Waals surface area (Å²) in [6.07, 6.45) is 3.98. The summed E-state index contributed by atoms with van der Waals surface area (Å²) in [4.78, 5) is 6.23. The van der Waals surface area contributed by atoms with Gasteiger partial charge in [-0.1, -0.05) is 0 Å². The number of hydrogen-bond acceptors (Lipinski definition) is 5. The second-order valence-electron chi connectivity index (χ2n) is 3.18. The van der Waals surface area contributed by atoms with Crippen LogP contribution < -0.4 is 5.32 Å². The topological polar surface area (TPSA) is 41.0 Å². The molecule has 0 aliphatic carbocycles. The number of rotatable bonds is 6. The average molecular weight is 200 g/mol. The number of nitrogens with zero attached hydrogens (tertiary/aromatic N) is 3. The van der Waals surface area contributed by atoms with E-state index in [0.717, 1.165) is 18.2 Å². The van der Waals surface area contributed by atoms with Crippen LogP contribution >= 0.6 is 11.5 Å². The molecule has 0 aliphatic rings. The normalized spacial score (nSPS) is 10.7. The highest BCUT2D eigenvalue weighted by Gasteiger charge is 1.94. The van der Waals surface area contributed by atoms with Crippen LogP contribution in [0.5, 0.6) is 0 Å². The van der Waals surface area contributed by atoms with Crippen molar-refractivity contribution in [1.29, 1.82) is 0 Å². The van der Waals surface area contributed by atoms with E-state index in [0.29, 0.717) is 0 Å². The quantitative estimate of drug-likeness (QED) is 0.703. The van der Waals surface area contributed by atoms with E-state index in [-0.39, 0.29) is 0 Å². The summed E-state index contributed by atoms with van der Waals surface area (Å²) in [5.74, 6) is 0. The highest BCUT2D eigenvalue weighted by Crippen LogP contribution is 2.06. The van der Waals surface area contributed by atoms with E-state index in [1.54, 1.807) is 6.33 Å². The molecule has 0 saturated carbocycles. The molecule has 0 bridgehead atoms. The summed E-state index contributed by atoms with van der Waals surface area (Å²) in [6.45, 7) is 2.14. The van der Waals surface area contributed by atoms with Crippen molar-refractivity contribution in [3.8, 4) is 0 Å². The smallest absolute Gasteiger partial charge is 0.202 e. The van der Waals surface area contributed by atoms with Gasteiger partial charge in [0.1, 0.15) is 6.33 Å². The molecule has 0 radical (unpaired) electrons. The van der Waals surface area contributed by atoms with Gasteiger partial charge in [-0.25, -0.2) is 4.98 Å². The third-order valence-corrected chi connectivity index (χ3v) is 2.29. The van der Waals surface area contributed by atoms with Gasteiger partial charge in [-0.3, -0.25) is 0 Å². The molecule has 0 aromatic carbocycles. The first kappa shape index (κ1) is 10.4. The van der Waals surface area contributed by atoms with E-state index < -0.39 is 0 Å². The zero-order chi connectivity index (χ0) is 9.52. The van der Waals surface area contributed by atoms with Crippen LogP contribution in [0.15, 0.2) is 6.33 Å². The third-order valence-electron chi connectivity index (χ3n) is 1.67. The van der Waals surface area contributed by atoms with Crippen molar-refractivity contribution < 1.29 is 0 Å². The highest BCUT2D eigenvalue weighted by atomic mass is 32.1. The Morgan fingerprint density at radius 2 is 2.31 bits per heavy atom. The summed E-state index contributed by atoms with van der Waals surface area (Å²) >= 11 is 1.40. The van der Waals surface area contributed by atoms with E-state index in [1.807, 2.05) is 0 Å². The molecular formula is C8H16N4S. The van der Waals surface area contributed by atoms with Crippen LogP contribution in [0, 0.1) is 0 Å². The van der Waals surface area contributed by atoms with Crippen molar-refractivity contribution >= 4 is 16.7 Å². The van der Waals surface area contributed by atoms with E-state index in [1.165, 1.54) is 24.4 Å². The molecule has 5 heteroatoms. The van der Waals surface area contributed by atoms with Crippen LogP contribution in [0.4, 0.5) is 5.13 Å². The fourth-order valence-corrected chi connectivity index (χ4v) is 1.45. The second kappa shape index (κ2) is 5.88. The minimum Gasteiger partial charge on any atom is -0.360 e. The summed E-state index contributed by atoms with van der Waals surface area (Å²) < 4.78 is 3.91. The monoisotopic (exact) mass is 200 g/mol. The zero-order valence-corrected chi connectivity index (χ0v) is 8.97. The Hall–Kier alpha value is -0.680. The molecule has 1 aromatic rings. The number of unbranched alkanes of at least 4 members (excludes halogenated alkanes) is 1. The zero-order valence-electron chi connectivity index (χ0n) is 8.16. The first-order valence-corrected chi connectivity index (χ1v) is 5.21. The molecule has 1 N–H and O–H groups in total. The van der Waals surface area contributed by atoms with Gasteiger partial charge in [0.25, 0.3) is 0 Å². The van der Waals surface area contributed by atoms with Gasteiger partial charge in [0.05, 0.1) is 0 Å². The number of anilines is 1. The van der Waals surface area contributed by atoms with Gasteiger partial charge in [-0.15, -0.1) is 0 Å². The van der Waals surface area contributed by atoms with Crippen LogP contribution in [0.2, 0.25) is 0 Å². The van der Waals surface area contributed by atoms with E-state index in [4.69, 9.17) is 0 Å². The van der Waals surface area contributed by atoms with Crippen molar-refractivity contribution in [2.24, 2.45) is 0 Å². The lowest BCUT2D eigenvalue weighted by Gasteiger charge is -2.08. The molecule has 13 heavy (non-hydrogen) atoms. The molecule has 1 rings (SSSR count). The maximum atomic E-state index is 4.03. The predicted octanol–water partition coefficient (Wildman–Crippen LogP) is 1.29. The number of aromatic nitrogens is 2. The van der Waals surface area contributed by atoms with E-state index >= 15 is 0 Å². The summed E-state index contributed by atoms with van der Waals surface area (Å²) in [6, 6.07) is 0. The van der Waals surface area contributed by atoms with Crippen LogP contribution in [0.3, 0.4) is 0 Å². The predicted molar refractivity (Wildman–Crippen MR) is 56.2 cm³/mol. The van der Waals surface area contributed by atoms with Gasteiger partial charge in [0.2, 0.25) is 5.13 Å². The third kappa shape index (κ3) is 4.80. The van der Waals surface area contributed by atoms with Gasteiger partial charge in [-0.2, -0.15) is 4.37 Å². The molecule has 0 unspecified atom stereocenters. The van der Waals surface area contributed by atoms with Crippen molar-refractivity contribution in [3.63, 3.8) is 0 Å². The first-order valence-electron chi connectivity index (χ1n) is 4.44. The molecule has 1 heterocycles. The lowest BCUT2D eigenvalue weighted by Crippen LogP contribution is -2.14. The largest absolute Gasteiger partial charge is 0.360 e. The highest BCUT2D eigenvalue weighted by molar-refractivity contribution is 7.09. The van der Waals surface area contributed by atoms with Crippen LogP contribution in [-0.4, -0.2) is 41.4 Å². The van der Waals surface area contributed by atoms with Crippen LogP contribution in [0.25, 0.3) is 0 Å². The SMILES string of the molecule is CN(C)CCCCNc1ncns1. The maximum absolute atomic E-state index is 4.03. The minimum absolute atomic E-state index is 0.921. The molecular weight excluding hydrogens is 184 g/mol. The Balaban J connectivity index is 1.96. The summed E-state index contributed by atoms with van der Waals surface area (Å²) in [5, 5.41) is 4.15. The molecule has 0 aliphatic heterocycles. The van der Waals surface area contributed by atoms with Crippen molar-refractivity contribution in [2.75, 3.05) is 32.5 Å². The molecule has 1 aromatic heterocycles. The second-order valence-corrected chi connectivity index (χ2v) is 3.96. The molecule has 4 nitrogen and oxygen atoms in total. The van der Waals surface area contributed by atoms with Crippen molar-refractivity contribution in [2.45, 2.75) is 12.8 Å². The number of nitrogens with one attached hydrogen (secondary N) is 1. The first-order chi connectivity index (χ1) is 6.29. The van der Waals surface area contributed by atoms with Crippen LogP contribution in [0.1, 0.15) is 12.8 Å². The summed E-state index contributed by atoms with van der Waals surface area (Å²) in [7, 11) is 4.19. The van der Waals surface area contributed by atoms with Gasteiger partial charge in [0, 0.05) is 18.1 Å². The van der Waals surface area contributed by atoms with Gasteiger partial charge in [-0.05, 0) is 33.5 Å². The Morgan fingerprint density at radius 1 is 1.46 bits per heavy atom.